The van der Waals surface area contributed by atoms with Crippen molar-refractivity contribution in [3.8, 4) is 0 Å². The van der Waals surface area contributed by atoms with Crippen LogP contribution in [0, 0.1) is 5.92 Å². The van der Waals surface area contributed by atoms with Gasteiger partial charge in [0, 0.05) is 39.8 Å². The molecule has 0 radical (unpaired) electrons. The lowest BCUT2D eigenvalue weighted by molar-refractivity contribution is -0.142. The van der Waals surface area contributed by atoms with Crippen molar-refractivity contribution in [1.29, 1.82) is 0 Å². The molecule has 0 saturated carbocycles. The SMILES string of the molecule is CN=C(NCCN(C)CC(F)(F)F)NCC1CCN(S(=O)(=O)C(F)(F)F)CC1.I. The number of hydrogen-bond acceptors (Lipinski definition) is 4. The molecule has 0 bridgehead atoms. The number of sulfonamides is 1. The van der Waals surface area contributed by atoms with Crippen molar-refractivity contribution in [3.05, 3.63) is 0 Å². The van der Waals surface area contributed by atoms with E-state index >= 15 is 0 Å². The zero-order valence-corrected chi connectivity index (χ0v) is 19.1. The maximum absolute atomic E-state index is 12.5. The van der Waals surface area contributed by atoms with Gasteiger partial charge in [-0.2, -0.15) is 30.6 Å². The number of alkyl halides is 6. The highest BCUT2D eigenvalue weighted by atomic mass is 127. The molecular formula is C14H26F6IN5O2S. The molecule has 0 atom stereocenters. The molecule has 0 aromatic heterocycles. The molecule has 1 fully saturated rings. The maximum Gasteiger partial charge on any atom is 0.511 e. The minimum absolute atomic E-state index is 0. The number of guanidine groups is 1. The van der Waals surface area contributed by atoms with Crippen molar-refractivity contribution in [2.45, 2.75) is 24.5 Å². The van der Waals surface area contributed by atoms with Crippen molar-refractivity contribution >= 4 is 40.0 Å². The number of halogens is 7. The van der Waals surface area contributed by atoms with Crippen LogP contribution in [0.4, 0.5) is 26.3 Å². The van der Waals surface area contributed by atoms with E-state index in [1.807, 2.05) is 0 Å². The molecule has 29 heavy (non-hydrogen) atoms. The fourth-order valence-electron chi connectivity index (χ4n) is 2.71. The van der Waals surface area contributed by atoms with E-state index < -0.39 is 28.3 Å². The Morgan fingerprint density at radius 2 is 1.69 bits per heavy atom. The topological polar surface area (TPSA) is 77.0 Å². The van der Waals surface area contributed by atoms with Crippen LogP contribution in [0.3, 0.4) is 0 Å². The van der Waals surface area contributed by atoms with E-state index in [-0.39, 0.29) is 68.9 Å². The van der Waals surface area contributed by atoms with Gasteiger partial charge in [-0.1, -0.05) is 0 Å². The molecule has 15 heteroatoms. The second-order valence-corrected chi connectivity index (χ2v) is 8.46. The van der Waals surface area contributed by atoms with Crippen LogP contribution in [-0.4, -0.2) is 88.6 Å². The molecule has 0 aromatic rings. The van der Waals surface area contributed by atoms with Crippen molar-refractivity contribution < 1.29 is 34.8 Å². The summed E-state index contributed by atoms with van der Waals surface area (Å²) >= 11 is 0. The molecule has 1 aliphatic heterocycles. The van der Waals surface area contributed by atoms with Gasteiger partial charge < -0.3 is 10.6 Å². The second kappa shape index (κ2) is 11.7. The van der Waals surface area contributed by atoms with Crippen LogP contribution in [0.2, 0.25) is 0 Å². The predicted octanol–water partition coefficient (Wildman–Crippen LogP) is 1.83. The molecule has 174 valence electrons. The largest absolute Gasteiger partial charge is 0.511 e. The molecule has 2 N–H and O–H groups in total. The summed E-state index contributed by atoms with van der Waals surface area (Å²) in [5, 5.41) is 5.81. The lowest BCUT2D eigenvalue weighted by atomic mass is 9.98. The van der Waals surface area contributed by atoms with Gasteiger partial charge in [-0.05, 0) is 25.8 Å². The van der Waals surface area contributed by atoms with Crippen molar-refractivity contribution in [1.82, 2.24) is 19.8 Å². The maximum atomic E-state index is 12.5. The summed E-state index contributed by atoms with van der Waals surface area (Å²) in [6.45, 7) is -0.759. The van der Waals surface area contributed by atoms with E-state index in [0.717, 1.165) is 4.90 Å². The van der Waals surface area contributed by atoms with Gasteiger partial charge in [0.25, 0.3) is 0 Å². The minimum Gasteiger partial charge on any atom is -0.356 e. The van der Waals surface area contributed by atoms with Gasteiger partial charge in [-0.15, -0.1) is 24.0 Å². The quantitative estimate of drug-likeness (QED) is 0.212. The Morgan fingerprint density at radius 3 is 2.14 bits per heavy atom. The van der Waals surface area contributed by atoms with E-state index in [2.05, 4.69) is 15.6 Å². The molecule has 1 saturated heterocycles. The highest BCUT2D eigenvalue weighted by Crippen LogP contribution is 2.30. The molecule has 0 spiro atoms. The molecule has 0 amide bonds. The summed E-state index contributed by atoms with van der Waals surface area (Å²) in [4.78, 5) is 5.04. The van der Waals surface area contributed by atoms with E-state index in [0.29, 0.717) is 16.8 Å². The van der Waals surface area contributed by atoms with Gasteiger partial charge in [-0.25, -0.2) is 8.42 Å². The standard InChI is InChI=1S/C14H25F6N5O2S.HI/c1-21-12(22-5-8-24(2)10-13(15,16)17)23-9-11-3-6-25(7-4-11)28(26,27)14(18,19)20;/h11H,3-10H2,1-2H3,(H2,21,22,23);1H. The van der Waals surface area contributed by atoms with E-state index in [1.165, 1.54) is 14.1 Å². The number of likely N-dealkylation sites (N-methyl/N-ethyl adjacent to an activating group) is 1. The zero-order chi connectivity index (χ0) is 21.6. The Kier molecular flexibility index (Phi) is 11.5. The molecule has 7 nitrogen and oxygen atoms in total. The number of rotatable bonds is 7. The molecule has 0 unspecified atom stereocenters. The van der Waals surface area contributed by atoms with Crippen LogP contribution < -0.4 is 10.6 Å². The predicted molar refractivity (Wildman–Crippen MR) is 108 cm³/mol. The van der Waals surface area contributed by atoms with Gasteiger partial charge in [0.05, 0.1) is 6.54 Å². The summed E-state index contributed by atoms with van der Waals surface area (Å²) in [6, 6.07) is 0. The Morgan fingerprint density at radius 1 is 1.14 bits per heavy atom. The second-order valence-electron chi connectivity index (χ2n) is 6.53. The normalized spacial score (nSPS) is 17.9. The van der Waals surface area contributed by atoms with Crippen LogP contribution in [0.15, 0.2) is 4.99 Å². The third kappa shape index (κ3) is 9.87. The average Bonchev–Trinajstić information content (AvgIpc) is 2.55. The number of nitrogens with zero attached hydrogens (tertiary/aromatic N) is 3. The number of hydrogen-bond donors (Lipinski definition) is 2. The van der Waals surface area contributed by atoms with Crippen LogP contribution in [-0.2, 0) is 10.0 Å². The highest BCUT2D eigenvalue weighted by molar-refractivity contribution is 14.0. The average molecular weight is 569 g/mol. The minimum atomic E-state index is -5.30. The van der Waals surface area contributed by atoms with Crippen molar-refractivity contribution in [2.24, 2.45) is 10.9 Å². The monoisotopic (exact) mass is 569 g/mol. The van der Waals surface area contributed by atoms with E-state index in [1.54, 1.807) is 0 Å². The number of aliphatic imine (C=N–C) groups is 1. The van der Waals surface area contributed by atoms with Crippen LogP contribution in [0.25, 0.3) is 0 Å². The van der Waals surface area contributed by atoms with E-state index in [9.17, 15) is 34.8 Å². The van der Waals surface area contributed by atoms with Gasteiger partial charge in [0.15, 0.2) is 5.96 Å². The third-order valence-electron chi connectivity index (χ3n) is 4.22. The van der Waals surface area contributed by atoms with Gasteiger partial charge in [0.1, 0.15) is 0 Å². The van der Waals surface area contributed by atoms with Crippen LogP contribution in [0.5, 0.6) is 0 Å². The molecule has 1 rings (SSSR count). The van der Waals surface area contributed by atoms with Gasteiger partial charge in [-0.3, -0.25) is 9.89 Å². The summed E-state index contributed by atoms with van der Waals surface area (Å²) < 4.78 is 97.6. The molecule has 1 heterocycles. The van der Waals surface area contributed by atoms with Crippen molar-refractivity contribution in [2.75, 3.05) is 53.4 Å². The lowest BCUT2D eigenvalue weighted by Crippen LogP contribution is -2.47. The Balaban J connectivity index is 0.00000784. The number of piperidine rings is 1. The first-order valence-corrected chi connectivity index (χ1v) is 9.96. The van der Waals surface area contributed by atoms with Crippen molar-refractivity contribution in [3.63, 3.8) is 0 Å². The molecule has 1 aliphatic rings. The highest BCUT2D eigenvalue weighted by Gasteiger charge is 2.50. The Hall–Kier alpha value is -0.550. The zero-order valence-electron chi connectivity index (χ0n) is 16.0. The first kappa shape index (κ1) is 28.5. The first-order valence-electron chi connectivity index (χ1n) is 8.52. The fourth-order valence-corrected chi connectivity index (χ4v) is 3.70. The van der Waals surface area contributed by atoms with Gasteiger partial charge >= 0.3 is 21.7 Å². The molecular weight excluding hydrogens is 543 g/mol. The summed E-state index contributed by atoms with van der Waals surface area (Å²) in [5.41, 5.74) is -5.30. The van der Waals surface area contributed by atoms with E-state index in [4.69, 9.17) is 0 Å². The van der Waals surface area contributed by atoms with Crippen LogP contribution in [0.1, 0.15) is 12.8 Å². The van der Waals surface area contributed by atoms with Gasteiger partial charge in [0.2, 0.25) is 0 Å². The third-order valence-corrected chi connectivity index (χ3v) is 5.85. The molecule has 0 aromatic carbocycles. The number of nitrogens with one attached hydrogen (secondary N) is 2. The Bertz CT molecular complexity index is 621. The lowest BCUT2D eigenvalue weighted by Gasteiger charge is -2.31. The first-order chi connectivity index (χ1) is 12.8. The summed E-state index contributed by atoms with van der Waals surface area (Å²) in [5.74, 6) is 0.303. The van der Waals surface area contributed by atoms with Crippen LogP contribution >= 0.6 is 24.0 Å². The summed E-state index contributed by atoms with van der Waals surface area (Å²) in [7, 11) is -2.48. The molecule has 0 aliphatic carbocycles. The Labute approximate surface area is 183 Å². The summed E-state index contributed by atoms with van der Waals surface area (Å²) in [6.07, 6.45) is -3.76. The fraction of sp³-hybridized carbons (Fsp3) is 0.929. The smallest absolute Gasteiger partial charge is 0.356 e.